The summed E-state index contributed by atoms with van der Waals surface area (Å²) in [5, 5.41) is 2.78. The van der Waals surface area contributed by atoms with Crippen molar-refractivity contribution in [3.8, 4) is 0 Å². The van der Waals surface area contributed by atoms with Gasteiger partial charge in [0, 0.05) is 18.8 Å². The standard InChI is InChI=1S/C14H15N/c1-10-9-13-12-6-4-3-5-11(12)7-8-14(13)15(10)2/h3-8,10H,9H2,1-2H3. The normalized spacial score (nSPS) is 19.6. The smallest absolute Gasteiger partial charge is 0.0405 e. The van der Waals surface area contributed by atoms with Crippen LogP contribution in [0.25, 0.3) is 10.8 Å². The third-order valence-electron chi connectivity index (χ3n) is 3.56. The molecule has 15 heavy (non-hydrogen) atoms. The molecule has 0 fully saturated rings. The lowest BCUT2D eigenvalue weighted by molar-refractivity contribution is 0.733. The van der Waals surface area contributed by atoms with Crippen LogP contribution in [0.15, 0.2) is 36.4 Å². The maximum absolute atomic E-state index is 2.38. The van der Waals surface area contributed by atoms with E-state index in [0.717, 1.165) is 0 Å². The first-order valence-corrected chi connectivity index (χ1v) is 5.51. The highest BCUT2D eigenvalue weighted by Crippen LogP contribution is 2.35. The van der Waals surface area contributed by atoms with Gasteiger partial charge in [-0.15, -0.1) is 0 Å². The molecule has 0 N–H and O–H groups in total. The molecule has 0 aromatic heterocycles. The Bertz CT molecular complexity index is 516. The summed E-state index contributed by atoms with van der Waals surface area (Å²) in [4.78, 5) is 2.38. The summed E-state index contributed by atoms with van der Waals surface area (Å²) in [6.45, 7) is 2.29. The second-order valence-corrected chi connectivity index (χ2v) is 4.45. The summed E-state index contributed by atoms with van der Waals surface area (Å²) in [6.07, 6.45) is 1.17. The largest absolute Gasteiger partial charge is 0.371 e. The molecule has 1 aliphatic heterocycles. The van der Waals surface area contributed by atoms with Gasteiger partial charge in [-0.3, -0.25) is 0 Å². The van der Waals surface area contributed by atoms with Gasteiger partial charge in [-0.05, 0) is 35.7 Å². The van der Waals surface area contributed by atoms with Crippen LogP contribution >= 0.6 is 0 Å². The Labute approximate surface area is 90.3 Å². The second-order valence-electron chi connectivity index (χ2n) is 4.45. The molecule has 0 amide bonds. The molecule has 1 aliphatic rings. The van der Waals surface area contributed by atoms with Crippen LogP contribution in [-0.2, 0) is 6.42 Å². The van der Waals surface area contributed by atoms with Crippen molar-refractivity contribution in [2.24, 2.45) is 0 Å². The van der Waals surface area contributed by atoms with Crippen LogP contribution < -0.4 is 4.90 Å². The van der Waals surface area contributed by atoms with Gasteiger partial charge < -0.3 is 4.90 Å². The van der Waals surface area contributed by atoms with E-state index >= 15 is 0 Å². The fourth-order valence-corrected chi connectivity index (χ4v) is 2.54. The van der Waals surface area contributed by atoms with Crippen LogP contribution in [-0.4, -0.2) is 13.1 Å². The molecular formula is C14H15N. The van der Waals surface area contributed by atoms with E-state index in [0.29, 0.717) is 6.04 Å². The number of hydrogen-bond donors (Lipinski definition) is 0. The Morgan fingerprint density at radius 2 is 1.93 bits per heavy atom. The average molecular weight is 197 g/mol. The Morgan fingerprint density at radius 3 is 2.80 bits per heavy atom. The Hall–Kier alpha value is -1.50. The SMILES string of the molecule is CC1Cc2c(ccc3ccccc23)N1C. The second kappa shape index (κ2) is 2.99. The number of likely N-dealkylation sites (N-methyl/N-ethyl adjacent to an activating group) is 1. The van der Waals surface area contributed by atoms with E-state index in [1.807, 2.05) is 0 Å². The lowest BCUT2D eigenvalue weighted by Crippen LogP contribution is -2.23. The van der Waals surface area contributed by atoms with E-state index < -0.39 is 0 Å². The van der Waals surface area contributed by atoms with E-state index in [1.54, 1.807) is 0 Å². The van der Waals surface area contributed by atoms with E-state index in [4.69, 9.17) is 0 Å². The molecule has 2 aromatic carbocycles. The monoisotopic (exact) mass is 197 g/mol. The minimum absolute atomic E-state index is 0.630. The van der Waals surface area contributed by atoms with E-state index in [2.05, 4.69) is 55.3 Å². The molecule has 0 saturated carbocycles. The van der Waals surface area contributed by atoms with Crippen LogP contribution in [0.5, 0.6) is 0 Å². The van der Waals surface area contributed by atoms with Crippen LogP contribution in [0.3, 0.4) is 0 Å². The summed E-state index contributed by atoms with van der Waals surface area (Å²) in [7, 11) is 2.19. The topological polar surface area (TPSA) is 3.24 Å². The van der Waals surface area contributed by atoms with Crippen molar-refractivity contribution < 1.29 is 0 Å². The Morgan fingerprint density at radius 1 is 1.13 bits per heavy atom. The summed E-state index contributed by atoms with van der Waals surface area (Å²) >= 11 is 0. The molecule has 0 saturated heterocycles. The van der Waals surface area contributed by atoms with Crippen molar-refractivity contribution in [3.63, 3.8) is 0 Å². The van der Waals surface area contributed by atoms with E-state index in [9.17, 15) is 0 Å². The van der Waals surface area contributed by atoms with Crippen LogP contribution in [0.4, 0.5) is 5.69 Å². The number of anilines is 1. The highest BCUT2D eigenvalue weighted by Gasteiger charge is 2.23. The van der Waals surface area contributed by atoms with Crippen LogP contribution in [0.1, 0.15) is 12.5 Å². The first-order chi connectivity index (χ1) is 7.27. The first-order valence-electron chi connectivity index (χ1n) is 5.51. The van der Waals surface area contributed by atoms with Gasteiger partial charge in [0.05, 0.1) is 0 Å². The summed E-state index contributed by atoms with van der Waals surface area (Å²) in [5.74, 6) is 0. The van der Waals surface area contributed by atoms with Gasteiger partial charge in [0.15, 0.2) is 0 Å². The zero-order valence-electron chi connectivity index (χ0n) is 9.20. The van der Waals surface area contributed by atoms with Gasteiger partial charge in [-0.25, -0.2) is 0 Å². The van der Waals surface area contributed by atoms with Gasteiger partial charge in [0.25, 0.3) is 0 Å². The maximum Gasteiger partial charge on any atom is 0.0405 e. The summed E-state index contributed by atoms with van der Waals surface area (Å²) in [6, 6.07) is 13.8. The lowest BCUT2D eigenvalue weighted by atomic mass is 10.0. The van der Waals surface area contributed by atoms with Crippen LogP contribution in [0.2, 0.25) is 0 Å². The number of fused-ring (bicyclic) bond motifs is 3. The average Bonchev–Trinajstić information content (AvgIpc) is 2.56. The van der Waals surface area contributed by atoms with E-state index in [-0.39, 0.29) is 0 Å². The van der Waals surface area contributed by atoms with Gasteiger partial charge in [-0.2, -0.15) is 0 Å². The molecule has 0 aliphatic carbocycles. The fraction of sp³-hybridized carbons (Fsp3) is 0.286. The predicted molar refractivity (Wildman–Crippen MR) is 65.5 cm³/mol. The summed E-state index contributed by atoms with van der Waals surface area (Å²) < 4.78 is 0. The molecule has 0 radical (unpaired) electrons. The summed E-state index contributed by atoms with van der Waals surface area (Å²) in [5.41, 5.74) is 2.92. The van der Waals surface area contributed by atoms with Crippen LogP contribution in [0, 0.1) is 0 Å². The molecule has 0 spiro atoms. The zero-order valence-corrected chi connectivity index (χ0v) is 9.20. The van der Waals surface area contributed by atoms with Crippen molar-refractivity contribution in [1.29, 1.82) is 0 Å². The van der Waals surface area contributed by atoms with Gasteiger partial charge in [-0.1, -0.05) is 30.3 Å². The van der Waals surface area contributed by atoms with Crippen molar-refractivity contribution >= 4 is 16.5 Å². The lowest BCUT2D eigenvalue weighted by Gasteiger charge is -2.18. The minimum Gasteiger partial charge on any atom is -0.371 e. The molecule has 1 unspecified atom stereocenters. The molecule has 1 nitrogen and oxygen atoms in total. The van der Waals surface area contributed by atoms with Gasteiger partial charge in [0.2, 0.25) is 0 Å². The van der Waals surface area contributed by atoms with Crippen molar-refractivity contribution in [3.05, 3.63) is 42.0 Å². The molecule has 0 bridgehead atoms. The third-order valence-corrected chi connectivity index (χ3v) is 3.56. The molecule has 3 rings (SSSR count). The molecule has 1 heteroatoms. The Balaban J connectivity index is 2.33. The maximum atomic E-state index is 2.38. The van der Waals surface area contributed by atoms with E-state index in [1.165, 1.54) is 28.4 Å². The molecule has 1 atom stereocenters. The number of benzene rings is 2. The number of nitrogens with zero attached hydrogens (tertiary/aromatic N) is 1. The highest BCUT2D eigenvalue weighted by molar-refractivity contribution is 5.91. The molecule has 76 valence electrons. The molecule has 2 aromatic rings. The molecular weight excluding hydrogens is 182 g/mol. The third kappa shape index (κ3) is 1.16. The van der Waals surface area contributed by atoms with Gasteiger partial charge in [0.1, 0.15) is 0 Å². The van der Waals surface area contributed by atoms with Crippen molar-refractivity contribution in [1.82, 2.24) is 0 Å². The first kappa shape index (κ1) is 8.78. The quantitative estimate of drug-likeness (QED) is 0.626. The van der Waals surface area contributed by atoms with Crippen molar-refractivity contribution in [2.75, 3.05) is 11.9 Å². The fourth-order valence-electron chi connectivity index (χ4n) is 2.54. The molecule has 1 heterocycles. The highest BCUT2D eigenvalue weighted by atomic mass is 15.1. The number of rotatable bonds is 0. The minimum atomic E-state index is 0.630. The van der Waals surface area contributed by atoms with Gasteiger partial charge >= 0.3 is 0 Å². The van der Waals surface area contributed by atoms with Crippen molar-refractivity contribution in [2.45, 2.75) is 19.4 Å². The Kier molecular flexibility index (Phi) is 1.75. The predicted octanol–water partition coefficient (Wildman–Crippen LogP) is 3.22. The zero-order chi connectivity index (χ0) is 10.4. The number of hydrogen-bond acceptors (Lipinski definition) is 1.